The monoisotopic (exact) mass is 590 g/mol. The highest BCUT2D eigenvalue weighted by Gasteiger charge is 2.21. The Morgan fingerprint density at radius 3 is 2.29 bits per heavy atom. The molecular weight excluding hydrogens is 552 g/mol. The summed E-state index contributed by atoms with van der Waals surface area (Å²) in [4.78, 5) is 34.6. The van der Waals surface area contributed by atoms with Gasteiger partial charge in [0.15, 0.2) is 0 Å². The molecule has 0 aliphatic heterocycles. The van der Waals surface area contributed by atoms with Gasteiger partial charge < -0.3 is 24.8 Å². The van der Waals surface area contributed by atoms with Crippen molar-refractivity contribution in [2.24, 2.45) is 12.8 Å². The molecule has 0 bridgehead atoms. The minimum Gasteiger partial charge on any atom is -0.466 e. The highest BCUT2D eigenvalue weighted by atomic mass is 35.5. The molecule has 4 rings (SSSR count). The number of nitrogens with one attached hydrogen (secondary N) is 1. The third-order valence-corrected chi connectivity index (χ3v) is 7.04. The van der Waals surface area contributed by atoms with Gasteiger partial charge >= 0.3 is 5.97 Å². The topological polar surface area (TPSA) is 118 Å². The molecule has 0 atom stereocenters. The molecule has 0 spiro atoms. The van der Waals surface area contributed by atoms with Gasteiger partial charge in [-0.15, -0.1) is 12.4 Å². The highest BCUT2D eigenvalue weighted by Crippen LogP contribution is 2.24. The van der Waals surface area contributed by atoms with Gasteiger partial charge in [-0.05, 0) is 67.9 Å². The number of unbranched alkanes of at least 4 members (excludes halogenated alkanes) is 1. The zero-order chi connectivity index (χ0) is 29.4. The normalized spacial score (nSPS) is 10.6. The number of fused-ring (bicyclic) bond motifs is 1. The summed E-state index contributed by atoms with van der Waals surface area (Å²) in [6.07, 6.45) is 2.19. The van der Waals surface area contributed by atoms with Crippen LogP contribution < -0.4 is 15.5 Å². The van der Waals surface area contributed by atoms with Gasteiger partial charge in [-0.2, -0.15) is 0 Å². The van der Waals surface area contributed by atoms with Gasteiger partial charge in [-0.1, -0.05) is 31.5 Å². The molecule has 1 amide bonds. The van der Waals surface area contributed by atoms with Gasteiger partial charge in [-0.3, -0.25) is 15.0 Å². The lowest BCUT2D eigenvalue weighted by Crippen LogP contribution is -2.33. The van der Waals surface area contributed by atoms with Crippen LogP contribution in [0.3, 0.4) is 0 Å². The fourth-order valence-corrected chi connectivity index (χ4v) is 4.74. The first-order chi connectivity index (χ1) is 19.8. The summed E-state index contributed by atoms with van der Waals surface area (Å²) in [6, 6.07) is 22.6. The molecule has 9 nitrogen and oxygen atoms in total. The van der Waals surface area contributed by atoms with Crippen molar-refractivity contribution < 1.29 is 14.3 Å². The number of amidine groups is 1. The predicted molar refractivity (Wildman–Crippen MR) is 171 cm³/mol. The molecule has 42 heavy (non-hydrogen) atoms. The summed E-state index contributed by atoms with van der Waals surface area (Å²) in [7, 11) is 1.98. The minimum absolute atomic E-state index is 0. The van der Waals surface area contributed by atoms with E-state index in [0.29, 0.717) is 30.0 Å². The first-order valence-electron chi connectivity index (χ1n) is 14.0. The van der Waals surface area contributed by atoms with Gasteiger partial charge in [-0.25, -0.2) is 4.98 Å². The van der Waals surface area contributed by atoms with E-state index in [1.807, 2.05) is 79.8 Å². The molecule has 10 heteroatoms. The van der Waals surface area contributed by atoms with Crippen molar-refractivity contribution in [2.45, 2.75) is 39.7 Å². The highest BCUT2D eigenvalue weighted by molar-refractivity contribution is 6.07. The van der Waals surface area contributed by atoms with Crippen molar-refractivity contribution in [1.29, 1.82) is 5.41 Å². The summed E-state index contributed by atoms with van der Waals surface area (Å²) in [5.41, 5.74) is 10.2. The molecule has 0 saturated heterocycles. The number of esters is 1. The van der Waals surface area contributed by atoms with Gasteiger partial charge in [0.1, 0.15) is 11.7 Å². The Labute approximate surface area is 253 Å². The van der Waals surface area contributed by atoms with Crippen molar-refractivity contribution >= 4 is 52.5 Å². The molecule has 0 saturated carbocycles. The number of nitrogens with zero attached hydrogens (tertiary/aromatic N) is 4. The van der Waals surface area contributed by atoms with E-state index >= 15 is 0 Å². The van der Waals surface area contributed by atoms with Crippen molar-refractivity contribution in [3.8, 4) is 0 Å². The number of hydrogen-bond acceptors (Lipinski definition) is 6. The molecule has 0 fully saturated rings. The van der Waals surface area contributed by atoms with E-state index in [2.05, 4.69) is 16.4 Å². The average molecular weight is 591 g/mol. The maximum absolute atomic E-state index is 13.7. The van der Waals surface area contributed by atoms with E-state index in [-0.39, 0.29) is 43.1 Å². The Hall–Kier alpha value is -4.37. The number of aryl methyl sites for hydroxylation is 1. The number of imidazole rings is 1. The minimum atomic E-state index is -0.338. The molecular formula is C32H39ClN6O3. The predicted octanol–water partition coefficient (Wildman–Crippen LogP) is 5.69. The fraction of sp³-hybridized carbons (Fsp3) is 0.312. The standard InChI is InChI=1S/C32H38N6O3.ClH/c1-4-6-19-37(25-15-12-23(13-16-25)31(33)34)22-29-35-27-21-24(14-17-28(27)36(29)3)32(40)38(20-18-30(39)41-5-2)26-10-8-7-9-11-26;/h7-17,21H,4-6,18-20,22H2,1-3H3,(H3,33,34);1H. The lowest BCUT2D eigenvalue weighted by Gasteiger charge is -2.24. The zero-order valence-electron chi connectivity index (χ0n) is 24.4. The summed E-state index contributed by atoms with van der Waals surface area (Å²) < 4.78 is 7.14. The lowest BCUT2D eigenvalue weighted by molar-refractivity contribution is -0.142. The lowest BCUT2D eigenvalue weighted by atomic mass is 10.1. The molecule has 3 aromatic carbocycles. The van der Waals surface area contributed by atoms with Gasteiger partial charge in [0.25, 0.3) is 5.91 Å². The third kappa shape index (κ3) is 7.67. The maximum Gasteiger partial charge on any atom is 0.307 e. The molecule has 0 aliphatic rings. The summed E-state index contributed by atoms with van der Waals surface area (Å²) in [5.74, 6) is 0.377. The number of anilines is 2. The molecule has 0 unspecified atom stereocenters. The number of ether oxygens (including phenoxy) is 1. The zero-order valence-corrected chi connectivity index (χ0v) is 25.2. The van der Waals surface area contributed by atoms with Crippen molar-refractivity contribution in [1.82, 2.24) is 9.55 Å². The van der Waals surface area contributed by atoms with Crippen LogP contribution in [0.25, 0.3) is 11.0 Å². The largest absolute Gasteiger partial charge is 0.466 e. The average Bonchev–Trinajstić information content (AvgIpc) is 3.30. The van der Waals surface area contributed by atoms with Gasteiger partial charge in [0.05, 0.1) is 30.6 Å². The van der Waals surface area contributed by atoms with E-state index in [9.17, 15) is 9.59 Å². The van der Waals surface area contributed by atoms with Crippen molar-refractivity contribution in [2.75, 3.05) is 29.5 Å². The van der Waals surface area contributed by atoms with E-state index < -0.39 is 0 Å². The van der Waals surface area contributed by atoms with Crippen LogP contribution in [0, 0.1) is 5.41 Å². The molecule has 1 aromatic heterocycles. The Kier molecular flexibility index (Phi) is 11.5. The number of aromatic nitrogens is 2. The number of carbonyl (C=O) groups is 2. The van der Waals surface area contributed by atoms with Crippen LogP contribution in [0.15, 0.2) is 72.8 Å². The Balaban J connectivity index is 0.00000484. The number of hydrogen-bond donors (Lipinski definition) is 2. The van der Waals surface area contributed by atoms with Crippen LogP contribution >= 0.6 is 12.4 Å². The van der Waals surface area contributed by atoms with E-state index in [1.54, 1.807) is 11.8 Å². The van der Waals surface area contributed by atoms with E-state index in [0.717, 1.165) is 41.9 Å². The van der Waals surface area contributed by atoms with Gasteiger partial charge in [0, 0.05) is 42.6 Å². The molecule has 0 radical (unpaired) electrons. The first kappa shape index (κ1) is 32.1. The van der Waals surface area contributed by atoms with E-state index in [4.69, 9.17) is 20.9 Å². The number of halogens is 1. The SMILES string of the molecule is CCCCN(Cc1nc2cc(C(=O)N(CCC(=O)OCC)c3ccccc3)ccc2n1C)c1ccc(C(=N)N)cc1.Cl. The second-order valence-corrected chi connectivity index (χ2v) is 9.87. The Morgan fingerprint density at radius 1 is 0.952 bits per heavy atom. The second-order valence-electron chi connectivity index (χ2n) is 9.87. The number of para-hydroxylation sites is 1. The molecule has 4 aromatic rings. The summed E-state index contributed by atoms with van der Waals surface area (Å²) in [6.45, 7) is 5.88. The van der Waals surface area contributed by atoms with Crippen LogP contribution in [0.4, 0.5) is 11.4 Å². The number of carbonyl (C=O) groups excluding carboxylic acids is 2. The quantitative estimate of drug-likeness (QED) is 0.117. The van der Waals surface area contributed by atoms with Crippen LogP contribution in [-0.4, -0.2) is 47.0 Å². The number of benzene rings is 3. The van der Waals surface area contributed by atoms with Crippen molar-refractivity contribution in [3.63, 3.8) is 0 Å². The summed E-state index contributed by atoms with van der Waals surface area (Å²) >= 11 is 0. The van der Waals surface area contributed by atoms with Crippen LogP contribution in [0.2, 0.25) is 0 Å². The first-order valence-corrected chi connectivity index (χ1v) is 14.0. The molecule has 1 heterocycles. The van der Waals surface area contributed by atoms with E-state index in [1.165, 1.54) is 0 Å². The third-order valence-electron chi connectivity index (χ3n) is 7.04. The summed E-state index contributed by atoms with van der Waals surface area (Å²) in [5, 5.41) is 7.68. The number of nitrogen functional groups attached to an aromatic ring is 1. The smallest absolute Gasteiger partial charge is 0.307 e. The molecule has 222 valence electrons. The maximum atomic E-state index is 13.7. The van der Waals surface area contributed by atoms with Crippen molar-refractivity contribution in [3.05, 3.63) is 89.7 Å². The fourth-order valence-electron chi connectivity index (χ4n) is 4.74. The number of amides is 1. The molecule has 0 aliphatic carbocycles. The van der Waals surface area contributed by atoms with Crippen LogP contribution in [0.1, 0.15) is 54.9 Å². The molecule has 3 N–H and O–H groups in total. The Morgan fingerprint density at radius 2 is 1.64 bits per heavy atom. The van der Waals surface area contributed by atoms with Gasteiger partial charge in [0.2, 0.25) is 0 Å². The van der Waals surface area contributed by atoms with Crippen LogP contribution in [-0.2, 0) is 23.1 Å². The van der Waals surface area contributed by atoms with Crippen LogP contribution in [0.5, 0.6) is 0 Å². The Bertz CT molecular complexity index is 1500. The number of nitrogens with two attached hydrogens (primary N) is 1. The second kappa shape index (κ2) is 15.0. The number of rotatable bonds is 13.